The Morgan fingerprint density at radius 2 is 1.95 bits per heavy atom. The number of nitrogens with one attached hydrogen (secondary N) is 1. The van der Waals surface area contributed by atoms with E-state index < -0.39 is 10.8 Å². The summed E-state index contributed by atoms with van der Waals surface area (Å²) in [6.07, 6.45) is 5.26. The zero-order valence-electron chi connectivity index (χ0n) is 12.9. The van der Waals surface area contributed by atoms with Gasteiger partial charge in [0, 0.05) is 16.7 Å². The Morgan fingerprint density at radius 1 is 1.25 bits per heavy atom. The molecule has 20 heavy (non-hydrogen) atoms. The van der Waals surface area contributed by atoms with Crippen LogP contribution in [0.3, 0.4) is 0 Å². The molecule has 0 aromatic heterocycles. The highest BCUT2D eigenvalue weighted by molar-refractivity contribution is 7.85. The summed E-state index contributed by atoms with van der Waals surface area (Å²) in [5.41, 5.74) is 2.50. The van der Waals surface area contributed by atoms with Crippen LogP contribution in [0.25, 0.3) is 0 Å². The highest BCUT2D eigenvalue weighted by atomic mass is 32.2. The van der Waals surface area contributed by atoms with Gasteiger partial charge in [-0.25, -0.2) is 0 Å². The van der Waals surface area contributed by atoms with Crippen molar-refractivity contribution in [3.63, 3.8) is 0 Å². The first-order valence-corrected chi connectivity index (χ1v) is 9.12. The Balaban J connectivity index is 2.05. The molecule has 2 unspecified atom stereocenters. The third-order valence-corrected chi connectivity index (χ3v) is 5.95. The predicted octanol–water partition coefficient (Wildman–Crippen LogP) is 3.58. The van der Waals surface area contributed by atoms with Gasteiger partial charge in [-0.1, -0.05) is 25.8 Å². The third kappa shape index (κ3) is 3.92. The van der Waals surface area contributed by atoms with Gasteiger partial charge in [-0.2, -0.15) is 0 Å². The molecule has 0 aliphatic heterocycles. The Hall–Kier alpha value is -0.670. The van der Waals surface area contributed by atoms with E-state index in [1.54, 1.807) is 0 Å². The van der Waals surface area contributed by atoms with Crippen molar-refractivity contribution in [1.29, 1.82) is 0 Å². The fourth-order valence-corrected chi connectivity index (χ4v) is 4.54. The summed E-state index contributed by atoms with van der Waals surface area (Å²) in [5, 5.41) is 3.56. The zero-order chi connectivity index (χ0) is 14.5. The SMILES string of the molecule is CCNC(CS(=O)c1ccc(C)c(C)c1)C1CCCC1. The molecule has 1 saturated carbocycles. The Morgan fingerprint density at radius 3 is 2.55 bits per heavy atom. The predicted molar refractivity (Wildman–Crippen MR) is 86.6 cm³/mol. The van der Waals surface area contributed by atoms with Gasteiger partial charge in [0.25, 0.3) is 0 Å². The normalized spacial score (nSPS) is 19.1. The van der Waals surface area contributed by atoms with E-state index in [-0.39, 0.29) is 0 Å². The molecule has 112 valence electrons. The van der Waals surface area contributed by atoms with E-state index in [0.717, 1.165) is 17.2 Å². The van der Waals surface area contributed by atoms with Crippen LogP contribution in [0.4, 0.5) is 0 Å². The lowest BCUT2D eigenvalue weighted by Crippen LogP contribution is -2.39. The maximum absolute atomic E-state index is 12.6. The molecule has 1 aliphatic rings. The van der Waals surface area contributed by atoms with Gasteiger partial charge in [0.2, 0.25) is 0 Å². The average Bonchev–Trinajstić information content (AvgIpc) is 2.95. The van der Waals surface area contributed by atoms with Crippen molar-refractivity contribution in [3.8, 4) is 0 Å². The van der Waals surface area contributed by atoms with Crippen molar-refractivity contribution >= 4 is 10.8 Å². The van der Waals surface area contributed by atoms with Crippen LogP contribution in [0.1, 0.15) is 43.7 Å². The van der Waals surface area contributed by atoms with Gasteiger partial charge in [0.1, 0.15) is 0 Å². The van der Waals surface area contributed by atoms with Crippen LogP contribution in [0.15, 0.2) is 23.1 Å². The van der Waals surface area contributed by atoms with Crippen LogP contribution in [-0.4, -0.2) is 22.5 Å². The zero-order valence-corrected chi connectivity index (χ0v) is 13.8. The Bertz CT molecular complexity index is 466. The lowest BCUT2D eigenvalue weighted by Gasteiger charge is -2.24. The van der Waals surface area contributed by atoms with Crippen molar-refractivity contribution in [1.82, 2.24) is 5.32 Å². The largest absolute Gasteiger partial charge is 0.313 e. The lowest BCUT2D eigenvalue weighted by molar-refractivity contribution is 0.392. The molecule has 2 nitrogen and oxygen atoms in total. The Kier molecular flexibility index (Phi) is 5.79. The van der Waals surface area contributed by atoms with Gasteiger partial charge < -0.3 is 5.32 Å². The van der Waals surface area contributed by atoms with E-state index in [9.17, 15) is 4.21 Å². The first-order valence-electron chi connectivity index (χ1n) is 7.80. The number of benzene rings is 1. The van der Waals surface area contributed by atoms with Crippen molar-refractivity contribution in [2.24, 2.45) is 5.92 Å². The molecule has 0 radical (unpaired) electrons. The minimum Gasteiger partial charge on any atom is -0.313 e. The molecule has 1 aromatic rings. The van der Waals surface area contributed by atoms with Gasteiger partial charge >= 0.3 is 0 Å². The minimum atomic E-state index is -0.892. The monoisotopic (exact) mass is 293 g/mol. The van der Waals surface area contributed by atoms with E-state index >= 15 is 0 Å². The summed E-state index contributed by atoms with van der Waals surface area (Å²) < 4.78 is 12.6. The molecule has 0 spiro atoms. The summed E-state index contributed by atoms with van der Waals surface area (Å²) in [5.74, 6) is 1.46. The third-order valence-electron chi connectivity index (χ3n) is 4.51. The number of rotatable bonds is 6. The van der Waals surface area contributed by atoms with E-state index in [1.807, 2.05) is 6.07 Å². The number of hydrogen-bond acceptors (Lipinski definition) is 2. The number of hydrogen-bond donors (Lipinski definition) is 1. The van der Waals surface area contributed by atoms with E-state index in [4.69, 9.17) is 0 Å². The highest BCUT2D eigenvalue weighted by Gasteiger charge is 2.26. The second-order valence-electron chi connectivity index (χ2n) is 5.97. The molecule has 1 aliphatic carbocycles. The molecule has 1 aromatic carbocycles. The van der Waals surface area contributed by atoms with Crippen LogP contribution >= 0.6 is 0 Å². The van der Waals surface area contributed by atoms with E-state index in [2.05, 4.69) is 38.2 Å². The summed E-state index contributed by atoms with van der Waals surface area (Å²) >= 11 is 0. The standard InChI is InChI=1S/C17H27NOS/c1-4-18-17(15-7-5-6-8-15)12-20(19)16-10-9-13(2)14(3)11-16/h9-11,15,17-18H,4-8,12H2,1-3H3. The van der Waals surface area contributed by atoms with Crippen molar-refractivity contribution in [2.75, 3.05) is 12.3 Å². The molecular formula is C17H27NOS. The summed E-state index contributed by atoms with van der Waals surface area (Å²) in [6.45, 7) is 7.29. The van der Waals surface area contributed by atoms with Gasteiger partial charge in [0.05, 0.1) is 10.8 Å². The van der Waals surface area contributed by atoms with E-state index in [0.29, 0.717) is 12.0 Å². The lowest BCUT2D eigenvalue weighted by atomic mass is 10.00. The van der Waals surface area contributed by atoms with Gasteiger partial charge in [-0.05, 0) is 62.4 Å². The summed E-state index contributed by atoms with van der Waals surface area (Å²) in [7, 11) is -0.892. The molecule has 0 heterocycles. The van der Waals surface area contributed by atoms with E-state index in [1.165, 1.54) is 36.8 Å². The molecule has 0 amide bonds. The van der Waals surface area contributed by atoms with Gasteiger partial charge in [0.15, 0.2) is 0 Å². The molecule has 2 atom stereocenters. The maximum Gasteiger partial charge on any atom is 0.0545 e. The summed E-state index contributed by atoms with van der Waals surface area (Å²) in [6, 6.07) is 6.60. The molecular weight excluding hydrogens is 266 g/mol. The molecule has 0 saturated heterocycles. The molecule has 1 fully saturated rings. The quantitative estimate of drug-likeness (QED) is 0.868. The van der Waals surface area contributed by atoms with Crippen LogP contribution in [-0.2, 0) is 10.8 Å². The topological polar surface area (TPSA) is 29.1 Å². The van der Waals surface area contributed by atoms with Crippen LogP contribution in [0, 0.1) is 19.8 Å². The van der Waals surface area contributed by atoms with Gasteiger partial charge in [-0.3, -0.25) is 4.21 Å². The van der Waals surface area contributed by atoms with Crippen molar-refractivity contribution < 1.29 is 4.21 Å². The van der Waals surface area contributed by atoms with Gasteiger partial charge in [-0.15, -0.1) is 0 Å². The first kappa shape index (κ1) is 15.7. The summed E-state index contributed by atoms with van der Waals surface area (Å²) in [4.78, 5) is 0.981. The molecule has 0 bridgehead atoms. The smallest absolute Gasteiger partial charge is 0.0545 e. The number of aryl methyl sites for hydroxylation is 2. The molecule has 2 rings (SSSR count). The van der Waals surface area contributed by atoms with Crippen LogP contribution < -0.4 is 5.32 Å². The van der Waals surface area contributed by atoms with Crippen LogP contribution in [0.2, 0.25) is 0 Å². The van der Waals surface area contributed by atoms with Crippen molar-refractivity contribution in [3.05, 3.63) is 29.3 Å². The fraction of sp³-hybridized carbons (Fsp3) is 0.647. The minimum absolute atomic E-state index is 0.407. The highest BCUT2D eigenvalue weighted by Crippen LogP contribution is 2.28. The van der Waals surface area contributed by atoms with Crippen molar-refractivity contribution in [2.45, 2.75) is 57.4 Å². The Labute approximate surface area is 125 Å². The average molecular weight is 293 g/mol. The molecule has 1 N–H and O–H groups in total. The molecule has 3 heteroatoms. The second-order valence-corrected chi connectivity index (χ2v) is 7.46. The fourth-order valence-electron chi connectivity index (χ4n) is 3.10. The maximum atomic E-state index is 12.6. The van der Waals surface area contributed by atoms with Crippen LogP contribution in [0.5, 0.6) is 0 Å². The second kappa shape index (κ2) is 7.37. The first-order chi connectivity index (χ1) is 9.61.